The molecule has 0 spiro atoms. The fourth-order valence-electron chi connectivity index (χ4n) is 1.52. The van der Waals surface area contributed by atoms with Gasteiger partial charge >= 0.3 is 6.16 Å². The van der Waals surface area contributed by atoms with E-state index in [0.29, 0.717) is 19.0 Å². The maximum absolute atomic E-state index is 10.4. The normalized spacial score (nSPS) is 15.9. The van der Waals surface area contributed by atoms with Crippen LogP contribution in [0, 0.1) is 0 Å². The molecule has 0 unspecified atom stereocenters. The van der Waals surface area contributed by atoms with E-state index in [4.69, 9.17) is 9.84 Å². The lowest BCUT2D eigenvalue weighted by Gasteiger charge is -2.27. The molecule has 1 aliphatic heterocycles. The summed E-state index contributed by atoms with van der Waals surface area (Å²) in [5, 5.41) is 8.47. The molecule has 0 atom stereocenters. The maximum Gasteiger partial charge on any atom is 0.512 e. The Labute approximate surface area is 92.4 Å². The van der Waals surface area contributed by atoms with Crippen LogP contribution in [0.4, 0.5) is 10.6 Å². The van der Waals surface area contributed by atoms with Crippen molar-refractivity contribution < 1.29 is 19.4 Å². The molecule has 0 aliphatic carbocycles. The Morgan fingerprint density at radius 3 is 2.88 bits per heavy atom. The molecule has 1 N–H and O–H groups in total. The Kier molecular flexibility index (Phi) is 3.21. The first-order valence-corrected chi connectivity index (χ1v) is 4.96. The van der Waals surface area contributed by atoms with E-state index in [-0.39, 0.29) is 5.88 Å². The van der Waals surface area contributed by atoms with Crippen molar-refractivity contribution >= 4 is 12.0 Å². The number of anilines is 1. The van der Waals surface area contributed by atoms with Crippen LogP contribution in [0.2, 0.25) is 0 Å². The standard InChI is InChI=1S/C10H12N2O4/c13-10(14)16-9-3-1-2-8(11-9)12-4-6-15-7-5-12/h1-3H,4-7H2,(H,13,14). The summed E-state index contributed by atoms with van der Waals surface area (Å²) >= 11 is 0. The van der Waals surface area contributed by atoms with Gasteiger partial charge in [-0.1, -0.05) is 6.07 Å². The van der Waals surface area contributed by atoms with Crippen molar-refractivity contribution in [2.45, 2.75) is 0 Å². The zero-order chi connectivity index (χ0) is 11.4. The van der Waals surface area contributed by atoms with Gasteiger partial charge in [-0.3, -0.25) is 0 Å². The predicted molar refractivity (Wildman–Crippen MR) is 55.9 cm³/mol. The molecule has 0 bridgehead atoms. The molecule has 2 heterocycles. The van der Waals surface area contributed by atoms with Crippen molar-refractivity contribution in [2.75, 3.05) is 31.2 Å². The summed E-state index contributed by atoms with van der Waals surface area (Å²) in [4.78, 5) is 16.5. The molecule has 1 aromatic heterocycles. The molecule has 1 saturated heterocycles. The predicted octanol–water partition coefficient (Wildman–Crippen LogP) is 0.975. The van der Waals surface area contributed by atoms with Crippen molar-refractivity contribution in [3.63, 3.8) is 0 Å². The smallest absolute Gasteiger partial charge is 0.449 e. The molecule has 86 valence electrons. The molecule has 1 aliphatic rings. The Balaban J connectivity index is 2.11. The van der Waals surface area contributed by atoms with Crippen LogP contribution >= 0.6 is 0 Å². The molecular formula is C10H12N2O4. The van der Waals surface area contributed by atoms with Crippen molar-refractivity contribution in [1.82, 2.24) is 4.98 Å². The van der Waals surface area contributed by atoms with Crippen molar-refractivity contribution in [3.05, 3.63) is 18.2 Å². The Hall–Kier alpha value is -1.82. The van der Waals surface area contributed by atoms with E-state index in [1.54, 1.807) is 6.07 Å². The number of nitrogens with zero attached hydrogens (tertiary/aromatic N) is 2. The van der Waals surface area contributed by atoms with Crippen molar-refractivity contribution in [2.24, 2.45) is 0 Å². The summed E-state index contributed by atoms with van der Waals surface area (Å²) in [6, 6.07) is 5.05. The van der Waals surface area contributed by atoms with Crippen LogP contribution in [-0.2, 0) is 4.74 Å². The van der Waals surface area contributed by atoms with Gasteiger partial charge in [0, 0.05) is 19.2 Å². The first kappa shape index (κ1) is 10.7. The zero-order valence-electron chi connectivity index (χ0n) is 8.63. The third-order valence-corrected chi connectivity index (χ3v) is 2.24. The van der Waals surface area contributed by atoms with Crippen LogP contribution < -0.4 is 9.64 Å². The molecule has 16 heavy (non-hydrogen) atoms. The van der Waals surface area contributed by atoms with Gasteiger partial charge in [0.2, 0.25) is 5.88 Å². The van der Waals surface area contributed by atoms with Gasteiger partial charge in [-0.2, -0.15) is 4.98 Å². The fourth-order valence-corrected chi connectivity index (χ4v) is 1.52. The lowest BCUT2D eigenvalue weighted by molar-refractivity contribution is 0.122. The van der Waals surface area contributed by atoms with E-state index in [9.17, 15) is 4.79 Å². The largest absolute Gasteiger partial charge is 0.512 e. The third-order valence-electron chi connectivity index (χ3n) is 2.24. The van der Waals surface area contributed by atoms with E-state index in [0.717, 1.165) is 13.1 Å². The highest BCUT2D eigenvalue weighted by Gasteiger charge is 2.13. The monoisotopic (exact) mass is 224 g/mol. The molecule has 6 nitrogen and oxygen atoms in total. The summed E-state index contributed by atoms with van der Waals surface area (Å²) in [5.41, 5.74) is 0. The SMILES string of the molecule is O=C(O)Oc1cccc(N2CCOCC2)n1. The highest BCUT2D eigenvalue weighted by molar-refractivity contribution is 5.60. The molecule has 6 heteroatoms. The van der Waals surface area contributed by atoms with Gasteiger partial charge in [0.15, 0.2) is 0 Å². The molecular weight excluding hydrogens is 212 g/mol. The summed E-state index contributed by atoms with van der Waals surface area (Å²) in [6.07, 6.45) is -1.35. The van der Waals surface area contributed by atoms with Gasteiger partial charge in [-0.25, -0.2) is 4.79 Å². The topological polar surface area (TPSA) is 71.9 Å². The minimum Gasteiger partial charge on any atom is -0.449 e. The minimum absolute atomic E-state index is 0.0940. The first-order chi connectivity index (χ1) is 7.75. The average molecular weight is 224 g/mol. The maximum atomic E-state index is 10.4. The quantitative estimate of drug-likeness (QED) is 0.755. The number of morpholine rings is 1. The summed E-state index contributed by atoms with van der Waals surface area (Å²) in [7, 11) is 0. The number of aromatic nitrogens is 1. The molecule has 0 saturated carbocycles. The average Bonchev–Trinajstić information content (AvgIpc) is 2.30. The van der Waals surface area contributed by atoms with Gasteiger partial charge in [0.1, 0.15) is 5.82 Å². The van der Waals surface area contributed by atoms with Crippen molar-refractivity contribution in [3.8, 4) is 5.88 Å². The van der Waals surface area contributed by atoms with Gasteiger partial charge in [0.05, 0.1) is 13.2 Å². The number of ether oxygens (including phenoxy) is 2. The second-order valence-electron chi connectivity index (χ2n) is 3.30. The number of carbonyl (C=O) groups is 1. The summed E-state index contributed by atoms with van der Waals surface area (Å²) in [5.74, 6) is 0.804. The third kappa shape index (κ3) is 2.60. The van der Waals surface area contributed by atoms with Crippen LogP contribution in [0.5, 0.6) is 5.88 Å². The number of hydrogen-bond acceptors (Lipinski definition) is 5. The first-order valence-electron chi connectivity index (χ1n) is 4.96. The van der Waals surface area contributed by atoms with Crippen LogP contribution in [-0.4, -0.2) is 42.5 Å². The van der Waals surface area contributed by atoms with Gasteiger partial charge < -0.3 is 19.5 Å². The van der Waals surface area contributed by atoms with Crippen LogP contribution in [0.3, 0.4) is 0 Å². The minimum atomic E-state index is -1.35. The van der Waals surface area contributed by atoms with E-state index in [1.165, 1.54) is 6.07 Å². The highest BCUT2D eigenvalue weighted by atomic mass is 16.7. The molecule has 1 aromatic rings. The van der Waals surface area contributed by atoms with Gasteiger partial charge in [0.25, 0.3) is 0 Å². The fraction of sp³-hybridized carbons (Fsp3) is 0.400. The molecule has 0 amide bonds. The number of carboxylic acid groups (broad SMARTS) is 1. The Morgan fingerprint density at radius 1 is 1.44 bits per heavy atom. The van der Waals surface area contributed by atoms with Gasteiger partial charge in [-0.15, -0.1) is 0 Å². The Bertz CT molecular complexity index is 377. The lowest BCUT2D eigenvalue weighted by Crippen LogP contribution is -2.36. The second kappa shape index (κ2) is 4.80. The number of hydrogen-bond donors (Lipinski definition) is 1. The van der Waals surface area contributed by atoms with E-state index in [1.807, 2.05) is 11.0 Å². The number of rotatable bonds is 2. The molecule has 2 rings (SSSR count). The van der Waals surface area contributed by atoms with Gasteiger partial charge in [-0.05, 0) is 6.07 Å². The molecule has 0 aromatic carbocycles. The molecule has 0 radical (unpaired) electrons. The lowest BCUT2D eigenvalue weighted by atomic mass is 10.3. The molecule has 1 fully saturated rings. The summed E-state index contributed by atoms with van der Waals surface area (Å²) in [6.45, 7) is 2.82. The van der Waals surface area contributed by atoms with E-state index in [2.05, 4.69) is 9.72 Å². The Morgan fingerprint density at radius 2 is 2.19 bits per heavy atom. The number of pyridine rings is 1. The van der Waals surface area contributed by atoms with Crippen LogP contribution in [0.25, 0.3) is 0 Å². The second-order valence-corrected chi connectivity index (χ2v) is 3.30. The highest BCUT2D eigenvalue weighted by Crippen LogP contribution is 2.16. The van der Waals surface area contributed by atoms with E-state index >= 15 is 0 Å². The summed E-state index contributed by atoms with van der Waals surface area (Å²) < 4.78 is 9.71. The zero-order valence-corrected chi connectivity index (χ0v) is 8.63. The van der Waals surface area contributed by atoms with E-state index < -0.39 is 6.16 Å². The van der Waals surface area contributed by atoms with Crippen LogP contribution in [0.15, 0.2) is 18.2 Å². The van der Waals surface area contributed by atoms with Crippen molar-refractivity contribution in [1.29, 1.82) is 0 Å². The van der Waals surface area contributed by atoms with Crippen LogP contribution in [0.1, 0.15) is 0 Å².